The zero-order valence-corrected chi connectivity index (χ0v) is 10.5. The fraction of sp³-hybridized carbons (Fsp3) is 0.818. The second-order valence-electron chi connectivity index (χ2n) is 4.36. The predicted molar refractivity (Wildman–Crippen MR) is 67.4 cm³/mol. The van der Waals surface area contributed by atoms with E-state index in [1.54, 1.807) is 0 Å². The summed E-state index contributed by atoms with van der Waals surface area (Å²) in [4.78, 5) is 13.7. The minimum Gasteiger partial charge on any atom is -0.480 e. The molecule has 92 valence electrons. The third-order valence-corrected chi connectivity index (χ3v) is 3.55. The molecule has 1 aliphatic heterocycles. The van der Waals surface area contributed by atoms with E-state index in [4.69, 9.17) is 23.1 Å². The van der Waals surface area contributed by atoms with Crippen LogP contribution in [0.15, 0.2) is 0 Å². The van der Waals surface area contributed by atoms with Crippen molar-refractivity contribution in [1.82, 2.24) is 4.90 Å². The molecule has 0 bridgehead atoms. The summed E-state index contributed by atoms with van der Waals surface area (Å²) in [6.45, 7) is 3.59. The van der Waals surface area contributed by atoms with Gasteiger partial charge in [-0.25, -0.2) is 0 Å². The van der Waals surface area contributed by atoms with E-state index in [1.165, 1.54) is 0 Å². The van der Waals surface area contributed by atoms with Crippen LogP contribution < -0.4 is 5.73 Å². The molecule has 4 nitrogen and oxygen atoms in total. The Bertz CT molecular complexity index is 263. The number of nitrogens with zero attached hydrogens (tertiary/aromatic N) is 1. The molecule has 1 saturated heterocycles. The van der Waals surface area contributed by atoms with Crippen LogP contribution in [0.4, 0.5) is 0 Å². The molecule has 0 aromatic heterocycles. The molecule has 1 fully saturated rings. The second kappa shape index (κ2) is 6.15. The molecule has 0 amide bonds. The van der Waals surface area contributed by atoms with Crippen LogP contribution in [0.1, 0.15) is 32.6 Å². The number of nitrogens with two attached hydrogens (primary N) is 1. The summed E-state index contributed by atoms with van der Waals surface area (Å²) in [6, 6.07) is -0.336. The van der Waals surface area contributed by atoms with Gasteiger partial charge >= 0.3 is 5.97 Å². The number of likely N-dealkylation sites (tertiary alicyclic amines) is 1. The van der Waals surface area contributed by atoms with E-state index in [0.717, 1.165) is 32.4 Å². The van der Waals surface area contributed by atoms with Crippen LogP contribution in [-0.2, 0) is 4.79 Å². The lowest BCUT2D eigenvalue weighted by Gasteiger charge is -2.35. The minimum absolute atomic E-state index is 0.294. The molecule has 0 aromatic carbocycles. The van der Waals surface area contributed by atoms with E-state index in [1.807, 2.05) is 11.8 Å². The van der Waals surface area contributed by atoms with Gasteiger partial charge in [0, 0.05) is 5.92 Å². The highest BCUT2D eigenvalue weighted by Crippen LogP contribution is 2.21. The molecule has 0 aliphatic carbocycles. The monoisotopic (exact) mass is 244 g/mol. The van der Waals surface area contributed by atoms with Crippen LogP contribution in [0.25, 0.3) is 0 Å². The number of aliphatic carboxylic acids is 1. The Morgan fingerprint density at radius 1 is 1.56 bits per heavy atom. The number of rotatable bonds is 5. The van der Waals surface area contributed by atoms with Gasteiger partial charge in [0.15, 0.2) is 0 Å². The van der Waals surface area contributed by atoms with Crippen LogP contribution in [0.3, 0.4) is 0 Å². The Kier molecular flexibility index (Phi) is 5.15. The fourth-order valence-corrected chi connectivity index (χ4v) is 2.47. The average Bonchev–Trinajstić information content (AvgIpc) is 2.25. The molecule has 1 heterocycles. The maximum absolute atomic E-state index is 11.1. The van der Waals surface area contributed by atoms with Gasteiger partial charge in [0.1, 0.15) is 6.04 Å². The van der Waals surface area contributed by atoms with Crippen molar-refractivity contribution in [2.75, 3.05) is 13.1 Å². The SMILES string of the molecule is CCCC(C(=O)O)N1CCC(C(N)=S)CC1. The maximum atomic E-state index is 11.1. The molecule has 16 heavy (non-hydrogen) atoms. The molecular weight excluding hydrogens is 224 g/mol. The number of hydrogen-bond acceptors (Lipinski definition) is 3. The molecule has 5 heteroatoms. The second-order valence-corrected chi connectivity index (χ2v) is 4.83. The molecule has 1 aliphatic rings. The van der Waals surface area contributed by atoms with E-state index >= 15 is 0 Å². The Morgan fingerprint density at radius 3 is 2.50 bits per heavy atom. The summed E-state index contributed by atoms with van der Waals surface area (Å²) in [5.74, 6) is -0.419. The van der Waals surface area contributed by atoms with Crippen molar-refractivity contribution in [3.8, 4) is 0 Å². The number of carboxylic acid groups (broad SMARTS) is 1. The zero-order chi connectivity index (χ0) is 12.1. The molecular formula is C11H20N2O2S. The number of carboxylic acids is 1. The van der Waals surface area contributed by atoms with Crippen molar-refractivity contribution in [1.29, 1.82) is 0 Å². The summed E-state index contributed by atoms with van der Waals surface area (Å²) in [6.07, 6.45) is 3.39. The normalized spacial score (nSPS) is 20.6. The van der Waals surface area contributed by atoms with Gasteiger partial charge in [0.25, 0.3) is 0 Å². The van der Waals surface area contributed by atoms with Gasteiger partial charge in [-0.2, -0.15) is 0 Å². The van der Waals surface area contributed by atoms with Gasteiger partial charge in [-0.3, -0.25) is 9.69 Å². The van der Waals surface area contributed by atoms with Crippen molar-refractivity contribution in [2.24, 2.45) is 11.7 Å². The van der Waals surface area contributed by atoms with E-state index in [9.17, 15) is 4.79 Å². The first-order valence-electron chi connectivity index (χ1n) is 5.82. The van der Waals surface area contributed by atoms with E-state index in [-0.39, 0.29) is 6.04 Å². The molecule has 1 unspecified atom stereocenters. The van der Waals surface area contributed by atoms with Gasteiger partial charge in [-0.1, -0.05) is 25.6 Å². The average molecular weight is 244 g/mol. The van der Waals surface area contributed by atoms with Crippen molar-refractivity contribution in [3.05, 3.63) is 0 Å². The fourth-order valence-electron chi connectivity index (χ4n) is 2.23. The zero-order valence-electron chi connectivity index (χ0n) is 9.69. The number of hydrogen-bond donors (Lipinski definition) is 2. The van der Waals surface area contributed by atoms with Crippen molar-refractivity contribution in [3.63, 3.8) is 0 Å². The van der Waals surface area contributed by atoms with Crippen LogP contribution in [-0.4, -0.2) is 40.1 Å². The molecule has 3 N–H and O–H groups in total. The summed E-state index contributed by atoms with van der Waals surface area (Å²) in [5, 5.41) is 9.14. The van der Waals surface area contributed by atoms with E-state index < -0.39 is 5.97 Å². The molecule has 0 spiro atoms. The highest BCUT2D eigenvalue weighted by molar-refractivity contribution is 7.80. The Balaban J connectivity index is 2.50. The third kappa shape index (κ3) is 3.42. The van der Waals surface area contributed by atoms with Gasteiger partial charge in [0.2, 0.25) is 0 Å². The summed E-state index contributed by atoms with van der Waals surface area (Å²) in [5.41, 5.74) is 5.60. The molecule has 1 atom stereocenters. The van der Waals surface area contributed by atoms with Crippen LogP contribution in [0.5, 0.6) is 0 Å². The Labute approximate surface area is 102 Å². The topological polar surface area (TPSA) is 66.6 Å². The van der Waals surface area contributed by atoms with Gasteiger partial charge in [0.05, 0.1) is 4.99 Å². The lowest BCUT2D eigenvalue weighted by atomic mass is 9.95. The largest absolute Gasteiger partial charge is 0.480 e. The van der Waals surface area contributed by atoms with Crippen LogP contribution >= 0.6 is 12.2 Å². The van der Waals surface area contributed by atoms with E-state index in [0.29, 0.717) is 17.3 Å². The highest BCUT2D eigenvalue weighted by atomic mass is 32.1. The standard InChI is InChI=1S/C11H20N2O2S/c1-2-3-9(11(14)15)13-6-4-8(5-7-13)10(12)16/h8-9H,2-7H2,1H3,(H2,12,16)(H,14,15). The lowest BCUT2D eigenvalue weighted by Crippen LogP contribution is -2.47. The van der Waals surface area contributed by atoms with Gasteiger partial charge in [-0.15, -0.1) is 0 Å². The van der Waals surface area contributed by atoms with Crippen molar-refractivity contribution in [2.45, 2.75) is 38.6 Å². The Hall–Kier alpha value is -0.680. The number of thiocarbonyl (C=S) groups is 1. The third-order valence-electron chi connectivity index (χ3n) is 3.22. The first-order valence-corrected chi connectivity index (χ1v) is 6.23. The predicted octanol–water partition coefficient (Wildman–Crippen LogP) is 1.24. The molecule has 1 rings (SSSR count). The maximum Gasteiger partial charge on any atom is 0.320 e. The van der Waals surface area contributed by atoms with Gasteiger partial charge < -0.3 is 10.8 Å². The smallest absolute Gasteiger partial charge is 0.320 e. The van der Waals surface area contributed by atoms with Crippen molar-refractivity contribution >= 4 is 23.2 Å². The summed E-state index contributed by atoms with van der Waals surface area (Å²) >= 11 is 4.97. The number of carbonyl (C=O) groups is 1. The minimum atomic E-state index is -0.712. The molecule has 0 saturated carbocycles. The van der Waals surface area contributed by atoms with Crippen LogP contribution in [0, 0.1) is 5.92 Å². The molecule has 0 radical (unpaired) electrons. The molecule has 0 aromatic rings. The quantitative estimate of drug-likeness (QED) is 0.712. The number of piperidine rings is 1. The van der Waals surface area contributed by atoms with Gasteiger partial charge in [-0.05, 0) is 32.4 Å². The summed E-state index contributed by atoms with van der Waals surface area (Å²) < 4.78 is 0. The lowest BCUT2D eigenvalue weighted by molar-refractivity contribution is -0.144. The van der Waals surface area contributed by atoms with Crippen LogP contribution in [0.2, 0.25) is 0 Å². The highest BCUT2D eigenvalue weighted by Gasteiger charge is 2.29. The first-order chi connectivity index (χ1) is 7.56. The first kappa shape index (κ1) is 13.4. The van der Waals surface area contributed by atoms with E-state index in [2.05, 4.69) is 0 Å². The Morgan fingerprint density at radius 2 is 2.12 bits per heavy atom. The summed E-state index contributed by atoms with van der Waals surface area (Å²) in [7, 11) is 0. The van der Waals surface area contributed by atoms with Crippen molar-refractivity contribution < 1.29 is 9.90 Å².